The number of rotatable bonds is 3. The molecule has 2 atom stereocenters. The van der Waals surface area contributed by atoms with Gasteiger partial charge in [-0.2, -0.15) is 0 Å². The first-order chi connectivity index (χ1) is 11.8. The first-order valence-electron chi connectivity index (χ1n) is 9.04. The molecule has 0 N–H and O–H groups in total. The van der Waals surface area contributed by atoms with Crippen LogP contribution in [-0.4, -0.2) is 0 Å². The molecule has 3 aromatic rings. The average molecular weight is 318 g/mol. The van der Waals surface area contributed by atoms with Crippen LogP contribution in [0.15, 0.2) is 60.7 Å². The Morgan fingerprint density at radius 3 is 2.54 bits per heavy atom. The van der Waals surface area contributed by atoms with Gasteiger partial charge in [-0.25, -0.2) is 4.39 Å². The Morgan fingerprint density at radius 2 is 1.75 bits per heavy atom. The van der Waals surface area contributed by atoms with Gasteiger partial charge in [0.05, 0.1) is 0 Å². The molecular formula is C23H23F. The van der Waals surface area contributed by atoms with Crippen molar-refractivity contribution < 1.29 is 4.39 Å². The van der Waals surface area contributed by atoms with Gasteiger partial charge in [0.2, 0.25) is 0 Å². The van der Waals surface area contributed by atoms with Crippen LogP contribution in [0.3, 0.4) is 0 Å². The Morgan fingerprint density at radius 1 is 0.958 bits per heavy atom. The molecule has 0 saturated carbocycles. The van der Waals surface area contributed by atoms with Crippen molar-refractivity contribution in [1.29, 1.82) is 0 Å². The zero-order valence-electron chi connectivity index (χ0n) is 14.1. The molecule has 122 valence electrons. The minimum absolute atomic E-state index is 0.152. The van der Waals surface area contributed by atoms with Crippen molar-refractivity contribution in [2.75, 3.05) is 0 Å². The highest BCUT2D eigenvalue weighted by Gasteiger charge is 2.31. The van der Waals surface area contributed by atoms with E-state index in [9.17, 15) is 4.39 Å². The summed E-state index contributed by atoms with van der Waals surface area (Å²) < 4.78 is 13.4. The summed E-state index contributed by atoms with van der Waals surface area (Å²) >= 11 is 0. The summed E-state index contributed by atoms with van der Waals surface area (Å²) in [6, 6.07) is 20.4. The van der Waals surface area contributed by atoms with E-state index in [1.165, 1.54) is 46.7 Å². The summed E-state index contributed by atoms with van der Waals surface area (Å²) in [5, 5.41) is 2.71. The van der Waals surface area contributed by atoms with E-state index in [4.69, 9.17) is 0 Å². The van der Waals surface area contributed by atoms with Crippen LogP contribution in [0.5, 0.6) is 0 Å². The van der Waals surface area contributed by atoms with E-state index in [-0.39, 0.29) is 5.82 Å². The first-order valence-corrected chi connectivity index (χ1v) is 9.04. The second-order valence-corrected chi connectivity index (χ2v) is 6.97. The minimum atomic E-state index is -0.152. The second-order valence-electron chi connectivity index (χ2n) is 6.97. The third-order valence-corrected chi connectivity index (χ3v) is 5.54. The SMILES string of the molecule is CCC[C@@H]1CCc2c(ccc3ccccc23)[C@H]1c1ccc(F)cc1. The molecule has 24 heavy (non-hydrogen) atoms. The molecule has 1 aliphatic carbocycles. The van der Waals surface area contributed by atoms with E-state index >= 15 is 0 Å². The smallest absolute Gasteiger partial charge is 0.123 e. The van der Waals surface area contributed by atoms with Crippen molar-refractivity contribution in [3.05, 3.63) is 83.2 Å². The van der Waals surface area contributed by atoms with Crippen LogP contribution in [0.1, 0.15) is 48.8 Å². The molecule has 0 aromatic heterocycles. The number of fused-ring (bicyclic) bond motifs is 3. The lowest BCUT2D eigenvalue weighted by Crippen LogP contribution is -2.22. The molecule has 0 heterocycles. The predicted octanol–water partition coefficient (Wildman–Crippen LogP) is 6.47. The van der Waals surface area contributed by atoms with E-state index in [0.717, 1.165) is 6.42 Å². The van der Waals surface area contributed by atoms with Crippen molar-refractivity contribution in [2.45, 2.75) is 38.5 Å². The molecule has 0 amide bonds. The lowest BCUT2D eigenvalue weighted by atomic mass is 9.69. The predicted molar refractivity (Wildman–Crippen MR) is 98.9 cm³/mol. The highest BCUT2D eigenvalue weighted by atomic mass is 19.1. The van der Waals surface area contributed by atoms with Gasteiger partial charge >= 0.3 is 0 Å². The van der Waals surface area contributed by atoms with Crippen LogP contribution in [0.4, 0.5) is 4.39 Å². The van der Waals surface area contributed by atoms with Crippen molar-refractivity contribution in [3.8, 4) is 0 Å². The van der Waals surface area contributed by atoms with Crippen LogP contribution >= 0.6 is 0 Å². The van der Waals surface area contributed by atoms with Gasteiger partial charge < -0.3 is 0 Å². The van der Waals surface area contributed by atoms with Gasteiger partial charge in [0, 0.05) is 5.92 Å². The monoisotopic (exact) mass is 318 g/mol. The number of hydrogen-bond donors (Lipinski definition) is 0. The Hall–Kier alpha value is -2.15. The first kappa shape index (κ1) is 15.4. The maximum Gasteiger partial charge on any atom is 0.123 e. The van der Waals surface area contributed by atoms with E-state index in [1.807, 2.05) is 12.1 Å². The van der Waals surface area contributed by atoms with Gasteiger partial charge in [-0.15, -0.1) is 0 Å². The molecular weight excluding hydrogens is 295 g/mol. The molecule has 0 unspecified atom stereocenters. The van der Waals surface area contributed by atoms with Crippen LogP contribution < -0.4 is 0 Å². The van der Waals surface area contributed by atoms with Crippen molar-refractivity contribution in [1.82, 2.24) is 0 Å². The zero-order valence-corrected chi connectivity index (χ0v) is 14.1. The molecule has 0 fully saturated rings. The third kappa shape index (κ3) is 2.62. The average Bonchev–Trinajstić information content (AvgIpc) is 2.62. The molecule has 0 bridgehead atoms. The van der Waals surface area contributed by atoms with Gasteiger partial charge in [-0.05, 0) is 64.8 Å². The van der Waals surface area contributed by atoms with Gasteiger partial charge in [-0.3, -0.25) is 0 Å². The summed E-state index contributed by atoms with van der Waals surface area (Å²) in [5.74, 6) is 0.883. The number of halogens is 1. The van der Waals surface area contributed by atoms with Crippen LogP contribution in [-0.2, 0) is 6.42 Å². The Balaban J connectivity index is 1.88. The highest BCUT2D eigenvalue weighted by molar-refractivity contribution is 5.87. The Bertz CT molecular complexity index is 848. The molecule has 4 rings (SSSR count). The van der Waals surface area contributed by atoms with Crippen molar-refractivity contribution >= 4 is 10.8 Å². The maximum atomic E-state index is 13.4. The van der Waals surface area contributed by atoms with Gasteiger partial charge in [0.1, 0.15) is 5.82 Å². The van der Waals surface area contributed by atoms with Crippen LogP contribution in [0, 0.1) is 11.7 Å². The van der Waals surface area contributed by atoms with E-state index in [2.05, 4.69) is 43.3 Å². The normalized spacial score (nSPS) is 20.1. The second kappa shape index (κ2) is 6.39. The van der Waals surface area contributed by atoms with E-state index < -0.39 is 0 Å². The highest BCUT2D eigenvalue weighted by Crippen LogP contribution is 2.44. The fraction of sp³-hybridized carbons (Fsp3) is 0.304. The molecule has 0 nitrogen and oxygen atoms in total. The fourth-order valence-corrected chi connectivity index (χ4v) is 4.48. The zero-order chi connectivity index (χ0) is 16.5. The fourth-order valence-electron chi connectivity index (χ4n) is 4.48. The largest absolute Gasteiger partial charge is 0.207 e. The number of aryl methyl sites for hydroxylation is 1. The molecule has 1 aliphatic rings. The topological polar surface area (TPSA) is 0 Å². The lowest BCUT2D eigenvalue weighted by molar-refractivity contribution is 0.380. The molecule has 0 spiro atoms. The molecule has 0 aliphatic heterocycles. The van der Waals surface area contributed by atoms with Crippen molar-refractivity contribution in [2.24, 2.45) is 5.92 Å². The van der Waals surface area contributed by atoms with Crippen LogP contribution in [0.2, 0.25) is 0 Å². The minimum Gasteiger partial charge on any atom is -0.207 e. The Kier molecular flexibility index (Phi) is 4.10. The van der Waals surface area contributed by atoms with Crippen LogP contribution in [0.25, 0.3) is 10.8 Å². The lowest BCUT2D eigenvalue weighted by Gasteiger charge is -2.35. The standard InChI is InChI=1S/C23H23F/c1-2-5-17-11-14-21-20-7-4-3-6-16(20)10-15-22(21)23(17)18-8-12-19(24)13-9-18/h3-4,6-10,12-13,15,17,23H,2,5,11,14H2,1H3/t17-,23-/m1/s1. The number of hydrogen-bond acceptors (Lipinski definition) is 0. The molecule has 1 heteroatoms. The van der Waals surface area contributed by atoms with Gasteiger partial charge in [-0.1, -0.05) is 61.9 Å². The maximum absolute atomic E-state index is 13.4. The number of benzene rings is 3. The Labute approximate surface area is 143 Å². The summed E-state index contributed by atoms with van der Waals surface area (Å²) in [7, 11) is 0. The summed E-state index contributed by atoms with van der Waals surface area (Å²) in [6.07, 6.45) is 4.80. The van der Waals surface area contributed by atoms with E-state index in [1.54, 1.807) is 12.1 Å². The molecule has 0 radical (unpaired) electrons. The van der Waals surface area contributed by atoms with E-state index in [0.29, 0.717) is 11.8 Å². The summed E-state index contributed by atoms with van der Waals surface area (Å²) in [6.45, 7) is 2.26. The van der Waals surface area contributed by atoms with Crippen molar-refractivity contribution in [3.63, 3.8) is 0 Å². The molecule has 3 aromatic carbocycles. The van der Waals surface area contributed by atoms with Gasteiger partial charge in [0.25, 0.3) is 0 Å². The summed E-state index contributed by atoms with van der Waals surface area (Å²) in [4.78, 5) is 0. The van der Waals surface area contributed by atoms with Gasteiger partial charge in [0.15, 0.2) is 0 Å². The third-order valence-electron chi connectivity index (χ3n) is 5.54. The molecule has 0 saturated heterocycles. The quantitative estimate of drug-likeness (QED) is 0.519. The summed E-state index contributed by atoms with van der Waals surface area (Å²) in [5.41, 5.74) is 4.20.